The number of aliphatic carboxylic acids is 1. The van der Waals surface area contributed by atoms with Gasteiger partial charge in [0.2, 0.25) is 0 Å². The molecule has 1 unspecified atom stereocenters. The molecule has 11 heteroatoms. The molecular weight excluding hydrogens is 448 g/mol. The minimum absolute atomic E-state index is 0.00978. The summed E-state index contributed by atoms with van der Waals surface area (Å²) in [6, 6.07) is 14.2. The Balaban J connectivity index is 1.85. The maximum absolute atomic E-state index is 12.8. The zero-order valence-electron chi connectivity index (χ0n) is 15.5. The number of thiocarbonyl (C=S) groups is 1. The largest absolute Gasteiger partial charge is 0.479 e. The minimum Gasteiger partial charge on any atom is -0.479 e. The molecule has 30 heavy (non-hydrogen) atoms. The maximum Gasteiger partial charge on any atom is 0.344 e. The number of hydrazine groups is 1. The summed E-state index contributed by atoms with van der Waals surface area (Å²) in [5.41, 5.74) is 0.456. The third kappa shape index (κ3) is 4.87. The number of hydrogen-bond donors (Lipinski definition) is 2. The lowest BCUT2D eigenvalue weighted by molar-refractivity contribution is -0.144. The summed E-state index contributed by atoms with van der Waals surface area (Å²) < 4.78 is 30.5. The first kappa shape index (κ1) is 22.0. The number of carboxylic acid groups (broad SMARTS) is 1. The van der Waals surface area contributed by atoms with E-state index >= 15 is 0 Å². The number of amides is 1. The molecule has 3 rings (SSSR count). The Morgan fingerprint density at radius 3 is 2.50 bits per heavy atom. The number of para-hydroxylation sites is 1. The number of benzene rings is 2. The second-order valence-electron chi connectivity index (χ2n) is 6.06. The Morgan fingerprint density at radius 2 is 1.83 bits per heavy atom. The molecule has 0 aliphatic carbocycles. The van der Waals surface area contributed by atoms with Crippen LogP contribution in [-0.4, -0.2) is 40.8 Å². The van der Waals surface area contributed by atoms with Crippen molar-refractivity contribution in [3.8, 4) is 5.75 Å². The quantitative estimate of drug-likeness (QED) is 0.475. The van der Waals surface area contributed by atoms with Crippen LogP contribution in [-0.2, 0) is 19.6 Å². The number of thioether (sulfide) groups is 1. The number of rotatable bonds is 7. The van der Waals surface area contributed by atoms with E-state index in [1.807, 2.05) is 0 Å². The van der Waals surface area contributed by atoms with Crippen molar-refractivity contribution in [2.45, 2.75) is 17.9 Å². The van der Waals surface area contributed by atoms with Crippen molar-refractivity contribution in [2.24, 2.45) is 0 Å². The predicted molar refractivity (Wildman–Crippen MR) is 116 cm³/mol. The highest BCUT2D eigenvalue weighted by atomic mass is 32.2. The van der Waals surface area contributed by atoms with Crippen LogP contribution >= 0.6 is 24.0 Å². The topological polar surface area (TPSA) is 113 Å². The SMILES string of the molecule is CC(Oc1ccccc1/C=C1/SC(=S)N(NS(=O)(=O)c2ccccc2)C1=O)C(=O)O. The van der Waals surface area contributed by atoms with Gasteiger partial charge in [-0.3, -0.25) is 4.79 Å². The van der Waals surface area contributed by atoms with Gasteiger partial charge in [0, 0.05) is 5.56 Å². The first-order valence-corrected chi connectivity index (χ1v) is 11.2. The molecule has 2 aromatic rings. The summed E-state index contributed by atoms with van der Waals surface area (Å²) >= 11 is 6.07. The van der Waals surface area contributed by atoms with Gasteiger partial charge in [0.25, 0.3) is 15.9 Å². The average molecular weight is 465 g/mol. The first-order valence-electron chi connectivity index (χ1n) is 8.53. The van der Waals surface area contributed by atoms with Crippen molar-refractivity contribution < 1.29 is 27.9 Å². The van der Waals surface area contributed by atoms with E-state index in [0.29, 0.717) is 5.56 Å². The number of ether oxygens (including phenoxy) is 1. The molecule has 1 amide bonds. The van der Waals surface area contributed by atoms with Crippen LogP contribution in [0.2, 0.25) is 0 Å². The average Bonchev–Trinajstić information content (AvgIpc) is 2.97. The molecule has 1 aliphatic heterocycles. The number of carbonyl (C=O) groups excluding carboxylic acids is 1. The van der Waals surface area contributed by atoms with E-state index in [1.54, 1.807) is 42.5 Å². The molecule has 1 heterocycles. The second-order valence-corrected chi connectivity index (χ2v) is 9.40. The zero-order valence-corrected chi connectivity index (χ0v) is 18.0. The van der Waals surface area contributed by atoms with Crippen LogP contribution in [0.4, 0.5) is 0 Å². The summed E-state index contributed by atoms with van der Waals surface area (Å²) in [4.78, 5) is 26.2. The molecule has 1 aliphatic rings. The molecule has 156 valence electrons. The highest BCUT2D eigenvalue weighted by Gasteiger charge is 2.35. The van der Waals surface area contributed by atoms with Gasteiger partial charge in [-0.2, -0.15) is 0 Å². The van der Waals surface area contributed by atoms with Crippen molar-refractivity contribution in [3.63, 3.8) is 0 Å². The standard InChI is InChI=1S/C19H16N2O6S3/c1-12(18(23)24)27-15-10-6-5-7-13(15)11-16-17(22)21(19(28)29-16)20-30(25,26)14-8-3-2-4-9-14/h2-12,20H,1H3,(H,23,24)/b16-11+. The highest BCUT2D eigenvalue weighted by molar-refractivity contribution is 8.26. The van der Waals surface area contributed by atoms with Crippen LogP contribution < -0.4 is 9.57 Å². The van der Waals surface area contributed by atoms with E-state index in [4.69, 9.17) is 22.1 Å². The van der Waals surface area contributed by atoms with Crippen molar-refractivity contribution in [1.29, 1.82) is 0 Å². The number of nitrogens with zero attached hydrogens (tertiary/aromatic N) is 1. The summed E-state index contributed by atoms with van der Waals surface area (Å²) in [6.45, 7) is 1.39. The van der Waals surface area contributed by atoms with Crippen LogP contribution in [0.5, 0.6) is 5.75 Å². The molecule has 1 saturated heterocycles. The van der Waals surface area contributed by atoms with Crippen molar-refractivity contribution in [2.75, 3.05) is 0 Å². The molecule has 1 atom stereocenters. The van der Waals surface area contributed by atoms with Crippen LogP contribution in [0, 0.1) is 0 Å². The lowest BCUT2D eigenvalue weighted by Gasteiger charge is -2.16. The van der Waals surface area contributed by atoms with E-state index in [0.717, 1.165) is 16.8 Å². The molecule has 8 nitrogen and oxygen atoms in total. The summed E-state index contributed by atoms with van der Waals surface area (Å²) in [7, 11) is -4.00. The van der Waals surface area contributed by atoms with Crippen LogP contribution in [0.25, 0.3) is 6.08 Å². The van der Waals surface area contributed by atoms with Gasteiger partial charge in [0.15, 0.2) is 10.4 Å². The van der Waals surface area contributed by atoms with Gasteiger partial charge in [0.1, 0.15) is 5.75 Å². The summed E-state index contributed by atoms with van der Waals surface area (Å²) in [6.07, 6.45) is 0.381. The maximum atomic E-state index is 12.8. The molecule has 0 spiro atoms. The number of carboxylic acids is 1. The first-order chi connectivity index (χ1) is 14.2. The van der Waals surface area contributed by atoms with Gasteiger partial charge in [-0.1, -0.05) is 60.4 Å². The molecule has 0 saturated carbocycles. The number of nitrogens with one attached hydrogen (secondary N) is 1. The van der Waals surface area contributed by atoms with Gasteiger partial charge < -0.3 is 9.84 Å². The Bertz CT molecular complexity index is 1130. The van der Waals surface area contributed by atoms with Gasteiger partial charge in [-0.05, 0) is 31.2 Å². The third-order valence-electron chi connectivity index (χ3n) is 3.92. The van der Waals surface area contributed by atoms with Gasteiger partial charge in [0.05, 0.1) is 9.80 Å². The fraction of sp³-hybridized carbons (Fsp3) is 0.105. The van der Waals surface area contributed by atoms with Crippen molar-refractivity contribution in [1.82, 2.24) is 9.84 Å². The molecule has 1 fully saturated rings. The van der Waals surface area contributed by atoms with Crippen molar-refractivity contribution in [3.05, 3.63) is 65.1 Å². The number of carbonyl (C=O) groups is 2. The van der Waals surface area contributed by atoms with E-state index in [2.05, 4.69) is 4.83 Å². The smallest absolute Gasteiger partial charge is 0.344 e. The van der Waals surface area contributed by atoms with E-state index in [-0.39, 0.29) is 19.9 Å². The molecule has 2 N–H and O–H groups in total. The van der Waals surface area contributed by atoms with E-state index in [1.165, 1.54) is 25.1 Å². The molecule has 0 aromatic heterocycles. The van der Waals surface area contributed by atoms with Crippen LogP contribution in [0.3, 0.4) is 0 Å². The van der Waals surface area contributed by atoms with E-state index in [9.17, 15) is 18.0 Å². The third-order valence-corrected chi connectivity index (χ3v) is 6.53. The Morgan fingerprint density at radius 1 is 1.20 bits per heavy atom. The van der Waals surface area contributed by atoms with Crippen molar-refractivity contribution >= 4 is 56.3 Å². The normalized spacial score (nSPS) is 16.7. The Hall–Kier alpha value is -2.73. The number of sulfonamides is 1. The summed E-state index contributed by atoms with van der Waals surface area (Å²) in [5, 5.41) is 9.83. The van der Waals surface area contributed by atoms with Gasteiger partial charge >= 0.3 is 5.97 Å². The Labute approximate surface area is 182 Å². The fourth-order valence-electron chi connectivity index (χ4n) is 2.41. The van der Waals surface area contributed by atoms with E-state index < -0.39 is 28.0 Å². The molecule has 0 radical (unpaired) electrons. The summed E-state index contributed by atoms with van der Waals surface area (Å²) in [5.74, 6) is -1.51. The van der Waals surface area contributed by atoms with Crippen LogP contribution in [0.1, 0.15) is 12.5 Å². The monoisotopic (exact) mass is 464 g/mol. The van der Waals surface area contributed by atoms with Crippen LogP contribution in [0.15, 0.2) is 64.4 Å². The minimum atomic E-state index is -4.00. The lowest BCUT2D eigenvalue weighted by atomic mass is 10.2. The molecule has 0 bridgehead atoms. The van der Waals surface area contributed by atoms with Gasteiger partial charge in [-0.25, -0.2) is 18.2 Å². The fourth-order valence-corrected chi connectivity index (χ4v) is 4.73. The zero-order chi connectivity index (χ0) is 21.9. The highest BCUT2D eigenvalue weighted by Crippen LogP contribution is 2.34. The van der Waals surface area contributed by atoms with Gasteiger partial charge in [-0.15, -0.1) is 4.83 Å². The lowest BCUT2D eigenvalue weighted by Crippen LogP contribution is -2.44. The number of hydrogen-bond acceptors (Lipinski definition) is 7. The molecule has 2 aromatic carbocycles. The second kappa shape index (κ2) is 8.96. The predicted octanol–water partition coefficient (Wildman–Crippen LogP) is 2.63. The molecular formula is C19H16N2O6S3. The Kier molecular flexibility index (Phi) is 6.56.